The largest absolute Gasteiger partial charge is 0.392 e. The van der Waals surface area contributed by atoms with E-state index in [2.05, 4.69) is 22.3 Å². The van der Waals surface area contributed by atoms with Crippen LogP contribution in [-0.4, -0.2) is 35.7 Å². The van der Waals surface area contributed by atoms with Gasteiger partial charge in [-0.25, -0.2) is 0 Å². The maximum Gasteiger partial charge on any atom is 0.0681 e. The third-order valence-corrected chi connectivity index (χ3v) is 4.38. The molecule has 2 bridgehead atoms. The Morgan fingerprint density at radius 1 is 1.22 bits per heavy atom. The molecule has 0 radical (unpaired) electrons. The number of nitrogens with one attached hydrogen (secondary N) is 1. The van der Waals surface area contributed by atoms with Gasteiger partial charge in [-0.3, -0.25) is 0 Å². The third-order valence-electron chi connectivity index (χ3n) is 4.38. The van der Waals surface area contributed by atoms with Crippen LogP contribution in [0.4, 0.5) is 0 Å². The molecule has 0 aromatic heterocycles. The van der Waals surface area contributed by atoms with Crippen LogP contribution in [0.15, 0.2) is 24.3 Å². The second-order valence-electron chi connectivity index (χ2n) is 5.60. The predicted octanol–water partition coefficient (Wildman–Crippen LogP) is 1.36. The van der Waals surface area contributed by atoms with Gasteiger partial charge in [-0.15, -0.1) is 0 Å². The molecule has 98 valence electrons. The molecule has 0 amide bonds. The van der Waals surface area contributed by atoms with E-state index < -0.39 is 0 Å². The first-order valence-corrected chi connectivity index (χ1v) is 6.99. The average molecular weight is 246 g/mol. The van der Waals surface area contributed by atoms with Crippen molar-refractivity contribution in [2.24, 2.45) is 5.92 Å². The zero-order valence-corrected chi connectivity index (χ0v) is 10.8. The van der Waals surface area contributed by atoms with Gasteiger partial charge in [0.1, 0.15) is 0 Å². The number of aliphatic hydroxyl groups is 1. The molecule has 2 N–H and O–H groups in total. The molecule has 18 heavy (non-hydrogen) atoms. The van der Waals surface area contributed by atoms with E-state index in [9.17, 15) is 0 Å². The Labute approximate surface area is 109 Å². The Morgan fingerprint density at radius 2 is 2.06 bits per heavy atom. The lowest BCUT2D eigenvalue weighted by Crippen LogP contribution is -2.43. The highest BCUT2D eigenvalue weighted by atomic mass is 16.3. The number of hydrogen-bond donors (Lipinski definition) is 2. The molecule has 3 heteroatoms. The van der Waals surface area contributed by atoms with Gasteiger partial charge in [-0.2, -0.15) is 0 Å². The quantitative estimate of drug-likeness (QED) is 0.842. The maximum absolute atomic E-state index is 9.14. The first-order valence-electron chi connectivity index (χ1n) is 6.99. The summed E-state index contributed by atoms with van der Waals surface area (Å²) in [6.45, 7) is 4.89. The first-order chi connectivity index (χ1) is 8.85. The molecule has 3 atom stereocenters. The molecule has 0 saturated carbocycles. The fraction of sp³-hybridized carbons (Fsp3) is 0.600. The molecule has 2 aliphatic rings. The standard InChI is InChI=1S/C15H22N2O/c18-11-13-3-1-2-12(8-13)9-16-15-5-7-17-6-4-14(15)10-17/h1-3,8,14-16,18H,4-7,9-11H2. The first kappa shape index (κ1) is 12.2. The molecule has 0 spiro atoms. The zero-order chi connectivity index (χ0) is 12.4. The van der Waals surface area contributed by atoms with Gasteiger partial charge in [-0.05, 0) is 43.0 Å². The highest BCUT2D eigenvalue weighted by Crippen LogP contribution is 2.27. The van der Waals surface area contributed by atoms with Crippen LogP contribution in [0.3, 0.4) is 0 Å². The van der Waals surface area contributed by atoms with Crippen molar-refractivity contribution >= 4 is 0 Å². The topological polar surface area (TPSA) is 35.5 Å². The fourth-order valence-electron chi connectivity index (χ4n) is 3.31. The summed E-state index contributed by atoms with van der Waals surface area (Å²) in [4.78, 5) is 2.58. The van der Waals surface area contributed by atoms with Crippen LogP contribution >= 0.6 is 0 Å². The smallest absolute Gasteiger partial charge is 0.0681 e. The van der Waals surface area contributed by atoms with Crippen molar-refractivity contribution in [2.45, 2.75) is 32.0 Å². The van der Waals surface area contributed by atoms with Gasteiger partial charge < -0.3 is 15.3 Å². The van der Waals surface area contributed by atoms with Crippen LogP contribution in [0.2, 0.25) is 0 Å². The molecular weight excluding hydrogens is 224 g/mol. The Bertz CT molecular complexity index is 407. The predicted molar refractivity (Wildman–Crippen MR) is 72.2 cm³/mol. The highest BCUT2D eigenvalue weighted by molar-refractivity contribution is 5.22. The summed E-state index contributed by atoms with van der Waals surface area (Å²) in [6, 6.07) is 8.91. The average Bonchev–Trinajstić information content (AvgIpc) is 2.81. The van der Waals surface area contributed by atoms with Crippen molar-refractivity contribution in [1.29, 1.82) is 0 Å². The summed E-state index contributed by atoms with van der Waals surface area (Å²) in [5.41, 5.74) is 2.28. The normalized spacial score (nSPS) is 30.6. The maximum atomic E-state index is 9.14. The van der Waals surface area contributed by atoms with Gasteiger partial charge in [0.05, 0.1) is 6.61 Å². The van der Waals surface area contributed by atoms with Crippen molar-refractivity contribution in [2.75, 3.05) is 19.6 Å². The molecule has 3 rings (SSSR count). The Hall–Kier alpha value is -0.900. The molecule has 3 nitrogen and oxygen atoms in total. The van der Waals surface area contributed by atoms with Gasteiger partial charge in [0, 0.05) is 19.1 Å². The number of fused-ring (bicyclic) bond motifs is 2. The van der Waals surface area contributed by atoms with E-state index in [1.165, 1.54) is 38.0 Å². The molecule has 2 fully saturated rings. The molecule has 2 aliphatic heterocycles. The number of nitrogens with zero attached hydrogens (tertiary/aromatic N) is 1. The Kier molecular flexibility index (Phi) is 3.64. The van der Waals surface area contributed by atoms with Crippen LogP contribution in [-0.2, 0) is 13.2 Å². The van der Waals surface area contributed by atoms with E-state index in [1.54, 1.807) is 0 Å². The minimum Gasteiger partial charge on any atom is -0.392 e. The second kappa shape index (κ2) is 5.39. The lowest BCUT2D eigenvalue weighted by Gasteiger charge is -2.31. The minimum absolute atomic E-state index is 0.134. The molecule has 3 unspecified atom stereocenters. The Balaban J connectivity index is 1.57. The Morgan fingerprint density at radius 3 is 2.94 bits per heavy atom. The molecule has 2 saturated heterocycles. The summed E-state index contributed by atoms with van der Waals surface area (Å²) < 4.78 is 0. The van der Waals surface area contributed by atoms with Crippen molar-refractivity contribution in [1.82, 2.24) is 10.2 Å². The van der Waals surface area contributed by atoms with Crippen LogP contribution in [0, 0.1) is 5.92 Å². The van der Waals surface area contributed by atoms with Gasteiger partial charge in [0.25, 0.3) is 0 Å². The van der Waals surface area contributed by atoms with E-state index in [-0.39, 0.29) is 6.61 Å². The van der Waals surface area contributed by atoms with Crippen molar-refractivity contribution in [3.8, 4) is 0 Å². The SMILES string of the molecule is OCc1cccc(CNC2CCN3CCC2C3)c1. The molecule has 0 aliphatic carbocycles. The lowest BCUT2D eigenvalue weighted by molar-refractivity contribution is 0.220. The monoisotopic (exact) mass is 246 g/mol. The van der Waals surface area contributed by atoms with E-state index in [4.69, 9.17) is 5.11 Å². The summed E-state index contributed by atoms with van der Waals surface area (Å²) in [6.07, 6.45) is 2.64. The van der Waals surface area contributed by atoms with Crippen molar-refractivity contribution in [3.05, 3.63) is 35.4 Å². The number of hydrogen-bond acceptors (Lipinski definition) is 3. The number of benzene rings is 1. The number of aliphatic hydroxyl groups excluding tert-OH is 1. The van der Waals surface area contributed by atoms with Crippen LogP contribution in [0.1, 0.15) is 24.0 Å². The zero-order valence-electron chi connectivity index (χ0n) is 10.8. The van der Waals surface area contributed by atoms with Crippen LogP contribution in [0.25, 0.3) is 0 Å². The second-order valence-corrected chi connectivity index (χ2v) is 5.60. The summed E-state index contributed by atoms with van der Waals surface area (Å²) in [5.74, 6) is 0.847. The van der Waals surface area contributed by atoms with E-state index in [0.717, 1.165) is 18.0 Å². The third kappa shape index (κ3) is 2.58. The minimum atomic E-state index is 0.134. The molecule has 1 aromatic carbocycles. The summed E-state index contributed by atoms with van der Waals surface area (Å²) in [5, 5.41) is 12.8. The fourth-order valence-corrected chi connectivity index (χ4v) is 3.31. The molecule has 1 aromatic rings. The molecule has 2 heterocycles. The van der Waals surface area contributed by atoms with Gasteiger partial charge >= 0.3 is 0 Å². The van der Waals surface area contributed by atoms with E-state index >= 15 is 0 Å². The van der Waals surface area contributed by atoms with E-state index in [0.29, 0.717) is 6.04 Å². The highest BCUT2D eigenvalue weighted by Gasteiger charge is 2.33. The van der Waals surface area contributed by atoms with E-state index in [1.807, 2.05) is 12.1 Å². The van der Waals surface area contributed by atoms with Crippen molar-refractivity contribution < 1.29 is 5.11 Å². The van der Waals surface area contributed by atoms with Gasteiger partial charge in [0.2, 0.25) is 0 Å². The lowest BCUT2D eigenvalue weighted by atomic mass is 9.94. The summed E-state index contributed by atoms with van der Waals surface area (Å²) in [7, 11) is 0. The molecular formula is C15H22N2O. The van der Waals surface area contributed by atoms with Crippen molar-refractivity contribution in [3.63, 3.8) is 0 Å². The number of piperidine rings is 1. The number of rotatable bonds is 4. The van der Waals surface area contributed by atoms with Gasteiger partial charge in [-0.1, -0.05) is 24.3 Å². The summed E-state index contributed by atoms with van der Waals surface area (Å²) >= 11 is 0. The van der Waals surface area contributed by atoms with Gasteiger partial charge in [0.15, 0.2) is 0 Å². The van der Waals surface area contributed by atoms with Crippen LogP contribution in [0.5, 0.6) is 0 Å². The van der Waals surface area contributed by atoms with Crippen LogP contribution < -0.4 is 5.32 Å².